The predicted molar refractivity (Wildman–Crippen MR) is 88.6 cm³/mol. The molecule has 138 valence electrons. The van der Waals surface area contributed by atoms with Gasteiger partial charge in [0.05, 0.1) is 6.54 Å². The number of nitrogens with one attached hydrogen (secondary N) is 1. The molecule has 2 amide bonds. The van der Waals surface area contributed by atoms with Crippen LogP contribution in [0.25, 0.3) is 0 Å². The lowest BCUT2D eigenvalue weighted by atomic mass is 9.91. The number of hydrogen-bond acceptors (Lipinski definition) is 6. The second-order valence-electron chi connectivity index (χ2n) is 7.06. The number of ether oxygens (including phenoxy) is 1. The molecule has 1 atom stereocenters. The van der Waals surface area contributed by atoms with E-state index in [1.807, 2.05) is 13.8 Å². The van der Waals surface area contributed by atoms with Gasteiger partial charge in [0.1, 0.15) is 6.04 Å². The maximum absolute atomic E-state index is 12.5. The van der Waals surface area contributed by atoms with Crippen LogP contribution >= 0.6 is 0 Å². The maximum Gasteiger partial charge on any atom is 0.249 e. The average molecular weight is 350 g/mol. The quantitative estimate of drug-likeness (QED) is 0.833. The van der Waals surface area contributed by atoms with Gasteiger partial charge in [-0.2, -0.15) is 4.98 Å². The van der Waals surface area contributed by atoms with Crippen molar-refractivity contribution in [3.8, 4) is 0 Å². The van der Waals surface area contributed by atoms with E-state index in [9.17, 15) is 9.59 Å². The van der Waals surface area contributed by atoms with E-state index in [4.69, 9.17) is 9.26 Å². The van der Waals surface area contributed by atoms with Gasteiger partial charge in [-0.25, -0.2) is 0 Å². The summed E-state index contributed by atoms with van der Waals surface area (Å²) in [5.41, 5.74) is 0. The van der Waals surface area contributed by atoms with Crippen LogP contribution in [0.2, 0.25) is 0 Å². The van der Waals surface area contributed by atoms with Crippen molar-refractivity contribution in [1.82, 2.24) is 20.4 Å². The van der Waals surface area contributed by atoms with Crippen LogP contribution in [0.1, 0.15) is 63.2 Å². The first-order valence-corrected chi connectivity index (χ1v) is 9.03. The van der Waals surface area contributed by atoms with Crippen LogP contribution in [0.5, 0.6) is 0 Å². The maximum atomic E-state index is 12.5. The van der Waals surface area contributed by atoms with Gasteiger partial charge in [-0.3, -0.25) is 9.59 Å². The number of hydrogen-bond donors (Lipinski definition) is 1. The highest BCUT2D eigenvalue weighted by atomic mass is 16.5. The summed E-state index contributed by atoms with van der Waals surface area (Å²) in [4.78, 5) is 30.3. The van der Waals surface area contributed by atoms with Crippen molar-refractivity contribution in [3.63, 3.8) is 0 Å². The molecule has 3 heterocycles. The van der Waals surface area contributed by atoms with Crippen LogP contribution in [0, 0.1) is 5.92 Å². The fraction of sp³-hybridized carbons (Fsp3) is 0.765. The van der Waals surface area contributed by atoms with Crippen molar-refractivity contribution in [1.29, 1.82) is 0 Å². The van der Waals surface area contributed by atoms with E-state index in [1.54, 1.807) is 4.90 Å². The van der Waals surface area contributed by atoms with E-state index in [0.29, 0.717) is 37.9 Å². The van der Waals surface area contributed by atoms with Crippen LogP contribution in [0.15, 0.2) is 4.52 Å². The first-order valence-electron chi connectivity index (χ1n) is 9.03. The molecule has 2 saturated heterocycles. The topological polar surface area (TPSA) is 97.6 Å². The molecule has 0 aliphatic carbocycles. The van der Waals surface area contributed by atoms with Crippen molar-refractivity contribution >= 4 is 11.8 Å². The Bertz CT molecular complexity index is 610. The van der Waals surface area contributed by atoms with Gasteiger partial charge in [0.25, 0.3) is 0 Å². The fourth-order valence-corrected chi connectivity index (χ4v) is 3.30. The predicted octanol–water partition coefficient (Wildman–Crippen LogP) is 1.40. The summed E-state index contributed by atoms with van der Waals surface area (Å²) in [6.45, 7) is 6.04. The molecule has 3 rings (SSSR count). The van der Waals surface area contributed by atoms with E-state index in [0.717, 1.165) is 19.3 Å². The van der Waals surface area contributed by atoms with Gasteiger partial charge >= 0.3 is 0 Å². The lowest BCUT2D eigenvalue weighted by molar-refractivity contribution is -0.133. The Balaban J connectivity index is 1.71. The van der Waals surface area contributed by atoms with Crippen molar-refractivity contribution in [2.75, 3.05) is 26.3 Å². The molecule has 2 fully saturated rings. The van der Waals surface area contributed by atoms with Crippen LogP contribution in [0.3, 0.4) is 0 Å². The molecule has 1 N–H and O–H groups in total. The summed E-state index contributed by atoms with van der Waals surface area (Å²) in [5.74, 6) is 1.28. The summed E-state index contributed by atoms with van der Waals surface area (Å²) >= 11 is 0. The number of carbonyl (C=O) groups excluding carboxylic acids is 2. The molecule has 1 unspecified atom stereocenters. The molecular formula is C17H26N4O4. The zero-order valence-corrected chi connectivity index (χ0v) is 14.9. The summed E-state index contributed by atoms with van der Waals surface area (Å²) in [6.07, 6.45) is 3.00. The fourth-order valence-electron chi connectivity index (χ4n) is 3.30. The van der Waals surface area contributed by atoms with E-state index in [1.165, 1.54) is 0 Å². The first-order chi connectivity index (χ1) is 12.0. The molecule has 0 radical (unpaired) electrons. The smallest absolute Gasteiger partial charge is 0.249 e. The van der Waals surface area contributed by atoms with Crippen LogP contribution < -0.4 is 5.32 Å². The Morgan fingerprint density at radius 3 is 2.72 bits per heavy atom. The zero-order valence-electron chi connectivity index (χ0n) is 14.9. The minimum absolute atomic E-state index is 0.0395. The molecule has 0 bridgehead atoms. The highest BCUT2D eigenvalue weighted by molar-refractivity contribution is 5.86. The molecule has 2 aliphatic heterocycles. The van der Waals surface area contributed by atoms with Gasteiger partial charge in [0, 0.05) is 32.1 Å². The molecule has 25 heavy (non-hydrogen) atoms. The Hall–Kier alpha value is -1.96. The van der Waals surface area contributed by atoms with Crippen LogP contribution in [-0.2, 0) is 14.3 Å². The summed E-state index contributed by atoms with van der Waals surface area (Å²) in [6, 6.07) is -0.339. The number of carbonyl (C=O) groups is 2. The number of amides is 2. The minimum atomic E-state index is -0.339. The van der Waals surface area contributed by atoms with Crippen LogP contribution in [0.4, 0.5) is 0 Å². The van der Waals surface area contributed by atoms with E-state index < -0.39 is 0 Å². The molecule has 0 aromatic carbocycles. The minimum Gasteiger partial charge on any atom is -0.381 e. The third-order valence-corrected chi connectivity index (χ3v) is 4.80. The molecule has 1 aromatic rings. The molecule has 2 aliphatic rings. The third kappa shape index (κ3) is 4.36. The highest BCUT2D eigenvalue weighted by Gasteiger charge is 2.32. The van der Waals surface area contributed by atoms with Crippen molar-refractivity contribution in [2.45, 2.75) is 51.5 Å². The largest absolute Gasteiger partial charge is 0.381 e. The number of nitrogens with zero attached hydrogens (tertiary/aromatic N) is 3. The van der Waals surface area contributed by atoms with E-state index in [2.05, 4.69) is 15.5 Å². The second kappa shape index (κ2) is 7.95. The lowest BCUT2D eigenvalue weighted by Crippen LogP contribution is -2.42. The van der Waals surface area contributed by atoms with Crippen molar-refractivity contribution in [3.05, 3.63) is 11.7 Å². The lowest BCUT2D eigenvalue weighted by Gasteiger charge is -2.29. The summed E-state index contributed by atoms with van der Waals surface area (Å²) in [7, 11) is 0. The average Bonchev–Trinajstić information content (AvgIpc) is 3.23. The monoisotopic (exact) mass is 350 g/mol. The van der Waals surface area contributed by atoms with Crippen molar-refractivity contribution in [2.24, 2.45) is 5.92 Å². The van der Waals surface area contributed by atoms with Crippen molar-refractivity contribution < 1.29 is 18.8 Å². The molecule has 1 aromatic heterocycles. The van der Waals surface area contributed by atoms with E-state index in [-0.39, 0.29) is 36.2 Å². The molecule has 8 heteroatoms. The summed E-state index contributed by atoms with van der Waals surface area (Å²) in [5, 5.41) is 7.04. The Morgan fingerprint density at radius 1 is 1.36 bits per heavy atom. The number of aromatic nitrogens is 2. The normalized spacial score (nSPS) is 20.3. The molecule has 8 nitrogen and oxygen atoms in total. The molecule has 0 spiro atoms. The second-order valence-corrected chi connectivity index (χ2v) is 7.06. The SMILES string of the molecule is CC(C)c1noc(C(NC(=O)CN2CCCC2=O)C2CCOCC2)n1. The van der Waals surface area contributed by atoms with Gasteiger partial charge in [-0.15, -0.1) is 0 Å². The van der Waals surface area contributed by atoms with Gasteiger partial charge in [0.15, 0.2) is 5.82 Å². The zero-order chi connectivity index (χ0) is 17.8. The van der Waals surface area contributed by atoms with Gasteiger partial charge in [0.2, 0.25) is 17.7 Å². The van der Waals surface area contributed by atoms with Gasteiger partial charge in [-0.1, -0.05) is 19.0 Å². The Labute approximate surface area is 147 Å². The van der Waals surface area contributed by atoms with E-state index >= 15 is 0 Å². The Kier molecular flexibility index (Phi) is 5.67. The van der Waals surface area contributed by atoms with Crippen LogP contribution in [-0.4, -0.2) is 53.2 Å². The number of likely N-dealkylation sites (tertiary alicyclic amines) is 1. The third-order valence-electron chi connectivity index (χ3n) is 4.80. The first kappa shape index (κ1) is 17.8. The van der Waals surface area contributed by atoms with Gasteiger partial charge < -0.3 is 19.5 Å². The number of rotatable bonds is 6. The molecular weight excluding hydrogens is 324 g/mol. The molecule has 0 saturated carbocycles. The standard InChI is InChI=1S/C17H26N4O4/c1-11(2)16-19-17(25-20-16)15(12-5-8-24-9-6-12)18-13(22)10-21-7-3-4-14(21)23/h11-12,15H,3-10H2,1-2H3,(H,18,22). The Morgan fingerprint density at radius 2 is 2.12 bits per heavy atom. The van der Waals surface area contributed by atoms with Gasteiger partial charge in [-0.05, 0) is 25.2 Å². The summed E-state index contributed by atoms with van der Waals surface area (Å²) < 4.78 is 10.9. The highest BCUT2D eigenvalue weighted by Crippen LogP contribution is 2.30.